The molecule has 0 saturated heterocycles. The Morgan fingerprint density at radius 1 is 1.10 bits per heavy atom. The Balaban J connectivity index is 4.84. The van der Waals surface area contributed by atoms with Crippen molar-refractivity contribution in [3.8, 4) is 0 Å². The third-order valence-electron chi connectivity index (χ3n) is 3.91. The molecule has 0 spiro atoms. The topological polar surface area (TPSA) is 6.48 Å². The van der Waals surface area contributed by atoms with Crippen LogP contribution in [0.3, 0.4) is 0 Å². The third kappa shape index (κ3) is 6.95. The number of hydrogen-bond donors (Lipinski definition) is 0. The highest BCUT2D eigenvalue weighted by Gasteiger charge is 2.15. The van der Waals surface area contributed by atoms with E-state index in [1.54, 1.807) is 0 Å². The molecule has 116 valence electrons. The average Bonchev–Trinajstić information content (AvgIpc) is 2.42. The summed E-state index contributed by atoms with van der Waals surface area (Å²) in [6, 6.07) is 0.490. The van der Waals surface area contributed by atoms with Crippen molar-refractivity contribution in [2.75, 3.05) is 20.6 Å². The third-order valence-corrected chi connectivity index (χ3v) is 3.91. The molecule has 0 aliphatic carbocycles. The zero-order valence-electron chi connectivity index (χ0n) is 14.8. The van der Waals surface area contributed by atoms with Crippen LogP contribution in [0, 0.1) is 5.92 Å². The van der Waals surface area contributed by atoms with Gasteiger partial charge in [-0.2, -0.15) is 0 Å². The van der Waals surface area contributed by atoms with Crippen LogP contribution in [0.1, 0.15) is 48.0 Å². The monoisotopic (exact) mass is 278 g/mol. The van der Waals surface area contributed by atoms with Gasteiger partial charge < -0.3 is 4.90 Å². The van der Waals surface area contributed by atoms with Crippen molar-refractivity contribution in [2.24, 2.45) is 5.92 Å². The molecule has 0 heterocycles. The minimum absolute atomic E-state index is 0.490. The fourth-order valence-electron chi connectivity index (χ4n) is 1.98. The van der Waals surface area contributed by atoms with Crippen LogP contribution in [0.2, 0.25) is 0 Å². The molecular formula is C18H34N2. The molecule has 0 N–H and O–H groups in total. The van der Waals surface area contributed by atoms with Crippen molar-refractivity contribution in [3.05, 3.63) is 35.7 Å². The zero-order chi connectivity index (χ0) is 15.7. The molecule has 0 aromatic heterocycles. The van der Waals surface area contributed by atoms with Crippen LogP contribution in [0.5, 0.6) is 0 Å². The minimum Gasteiger partial charge on any atom is -0.355 e. The highest BCUT2D eigenvalue weighted by Crippen LogP contribution is 2.14. The Morgan fingerprint density at radius 3 is 2.15 bits per heavy atom. The standard InChI is InChI=1S/C18H34N2/c1-9-16(5)12-11-13-20(8)17(6)14-18(15(3)4)19(7)10-2/h11-15,18H,9-10H2,1-8H3/b13-11-,16-12+,17-14+/t18-/m1/s1. The molecule has 0 amide bonds. The van der Waals surface area contributed by atoms with Crippen molar-refractivity contribution in [3.63, 3.8) is 0 Å². The first-order valence-electron chi connectivity index (χ1n) is 7.78. The van der Waals surface area contributed by atoms with Gasteiger partial charge in [0.05, 0.1) is 0 Å². The predicted molar refractivity (Wildman–Crippen MR) is 91.6 cm³/mol. The van der Waals surface area contributed by atoms with Gasteiger partial charge in [-0.3, -0.25) is 4.90 Å². The minimum atomic E-state index is 0.490. The van der Waals surface area contributed by atoms with Crippen molar-refractivity contribution in [2.45, 2.75) is 54.0 Å². The second-order valence-corrected chi connectivity index (χ2v) is 5.93. The van der Waals surface area contributed by atoms with Gasteiger partial charge in [-0.25, -0.2) is 0 Å². The van der Waals surface area contributed by atoms with Crippen molar-refractivity contribution in [1.82, 2.24) is 9.80 Å². The zero-order valence-corrected chi connectivity index (χ0v) is 14.8. The molecular weight excluding hydrogens is 244 g/mol. The maximum absolute atomic E-state index is 2.40. The summed E-state index contributed by atoms with van der Waals surface area (Å²) in [7, 11) is 4.30. The summed E-state index contributed by atoms with van der Waals surface area (Å²) < 4.78 is 0. The van der Waals surface area contributed by atoms with Crippen molar-refractivity contribution < 1.29 is 0 Å². The molecule has 0 aliphatic heterocycles. The first-order valence-corrected chi connectivity index (χ1v) is 7.78. The van der Waals surface area contributed by atoms with Gasteiger partial charge in [0.1, 0.15) is 0 Å². The molecule has 1 atom stereocenters. The number of likely N-dealkylation sites (N-methyl/N-ethyl adjacent to an activating group) is 1. The predicted octanol–water partition coefficient (Wildman–Crippen LogP) is 4.67. The van der Waals surface area contributed by atoms with E-state index in [1.165, 1.54) is 11.3 Å². The molecule has 0 bridgehead atoms. The summed E-state index contributed by atoms with van der Waals surface area (Å²) in [5.41, 5.74) is 2.70. The summed E-state index contributed by atoms with van der Waals surface area (Å²) in [4.78, 5) is 4.59. The lowest BCUT2D eigenvalue weighted by molar-refractivity contribution is 0.241. The Bertz CT molecular complexity index is 350. The lowest BCUT2D eigenvalue weighted by Gasteiger charge is -2.29. The van der Waals surface area contributed by atoms with E-state index < -0.39 is 0 Å². The van der Waals surface area contributed by atoms with Crippen molar-refractivity contribution in [1.29, 1.82) is 0 Å². The maximum atomic E-state index is 2.40. The molecule has 2 nitrogen and oxygen atoms in total. The smallest absolute Gasteiger partial charge is 0.0317 e. The van der Waals surface area contributed by atoms with Gasteiger partial charge in [0, 0.05) is 25.0 Å². The normalized spacial score (nSPS) is 15.5. The Kier molecular flexibility index (Phi) is 9.32. The summed E-state index contributed by atoms with van der Waals surface area (Å²) >= 11 is 0. The second-order valence-electron chi connectivity index (χ2n) is 5.93. The molecule has 0 unspecified atom stereocenters. The van der Waals surface area contributed by atoms with E-state index in [0.717, 1.165) is 13.0 Å². The molecule has 2 heteroatoms. The molecule has 0 fully saturated rings. The fourth-order valence-corrected chi connectivity index (χ4v) is 1.98. The van der Waals surface area contributed by atoms with E-state index in [9.17, 15) is 0 Å². The van der Waals surface area contributed by atoms with Gasteiger partial charge in [0.25, 0.3) is 0 Å². The first-order chi connectivity index (χ1) is 9.33. The van der Waals surface area contributed by atoms with Crippen LogP contribution in [0.25, 0.3) is 0 Å². The lowest BCUT2D eigenvalue weighted by Crippen LogP contribution is -2.34. The van der Waals surface area contributed by atoms with Gasteiger partial charge in [0.2, 0.25) is 0 Å². The number of hydrogen-bond acceptors (Lipinski definition) is 2. The van der Waals surface area contributed by atoms with Crippen molar-refractivity contribution >= 4 is 0 Å². The number of allylic oxidation sites excluding steroid dienone is 4. The molecule has 0 rings (SSSR count). The van der Waals surface area contributed by atoms with Crippen LogP contribution in [-0.2, 0) is 0 Å². The van der Waals surface area contributed by atoms with E-state index in [1.807, 2.05) is 0 Å². The van der Waals surface area contributed by atoms with Gasteiger partial charge in [-0.05, 0) is 51.9 Å². The van der Waals surface area contributed by atoms with Crippen LogP contribution < -0.4 is 0 Å². The van der Waals surface area contributed by atoms with Gasteiger partial charge in [-0.15, -0.1) is 0 Å². The quantitative estimate of drug-likeness (QED) is 0.595. The van der Waals surface area contributed by atoms with Crippen LogP contribution >= 0.6 is 0 Å². The highest BCUT2D eigenvalue weighted by molar-refractivity contribution is 5.13. The van der Waals surface area contributed by atoms with E-state index in [2.05, 4.69) is 89.9 Å². The highest BCUT2D eigenvalue weighted by atomic mass is 15.1. The van der Waals surface area contributed by atoms with E-state index >= 15 is 0 Å². The summed E-state index contributed by atoms with van der Waals surface area (Å²) in [5.74, 6) is 0.620. The van der Waals surface area contributed by atoms with Gasteiger partial charge in [0.15, 0.2) is 0 Å². The molecule has 0 aromatic carbocycles. The average molecular weight is 278 g/mol. The lowest BCUT2D eigenvalue weighted by atomic mass is 10.0. The fraction of sp³-hybridized carbons (Fsp3) is 0.667. The Morgan fingerprint density at radius 2 is 1.70 bits per heavy atom. The SMILES string of the molecule is CC/C(C)=C/C=C\N(C)/C(C)=C/[C@H](C(C)C)N(C)CC. The summed E-state index contributed by atoms with van der Waals surface area (Å²) in [6.07, 6.45) is 9.93. The number of rotatable bonds is 8. The molecule has 0 aliphatic rings. The van der Waals surface area contributed by atoms with Crippen LogP contribution in [0.4, 0.5) is 0 Å². The molecule has 20 heavy (non-hydrogen) atoms. The Labute approximate surface area is 126 Å². The number of nitrogens with zero attached hydrogens (tertiary/aromatic N) is 2. The molecule has 0 aromatic rings. The van der Waals surface area contributed by atoms with Crippen LogP contribution in [-0.4, -0.2) is 36.5 Å². The second kappa shape index (κ2) is 9.82. The maximum Gasteiger partial charge on any atom is 0.0317 e. The van der Waals surface area contributed by atoms with E-state index in [0.29, 0.717) is 12.0 Å². The van der Waals surface area contributed by atoms with E-state index in [-0.39, 0.29) is 0 Å². The Hall–Kier alpha value is -1.02. The largest absolute Gasteiger partial charge is 0.355 e. The molecule has 0 saturated carbocycles. The van der Waals surface area contributed by atoms with E-state index in [4.69, 9.17) is 0 Å². The summed E-state index contributed by atoms with van der Waals surface area (Å²) in [5, 5.41) is 0. The summed E-state index contributed by atoms with van der Waals surface area (Å²) in [6.45, 7) is 14.4. The van der Waals surface area contributed by atoms with Gasteiger partial charge >= 0.3 is 0 Å². The molecule has 0 radical (unpaired) electrons. The van der Waals surface area contributed by atoms with Gasteiger partial charge in [-0.1, -0.05) is 39.3 Å². The first kappa shape index (κ1) is 19.0. The van der Waals surface area contributed by atoms with Crippen LogP contribution in [0.15, 0.2) is 35.7 Å².